The number of pyridine rings is 1. The summed E-state index contributed by atoms with van der Waals surface area (Å²) in [7, 11) is 0. The number of nitrogens with zero attached hydrogens (tertiary/aromatic N) is 2. The monoisotopic (exact) mass is 420 g/mol. The van der Waals surface area contributed by atoms with Crippen molar-refractivity contribution >= 4 is 28.4 Å². The van der Waals surface area contributed by atoms with E-state index in [0.29, 0.717) is 19.0 Å². The third kappa shape index (κ3) is 2.89. The van der Waals surface area contributed by atoms with E-state index in [0.717, 1.165) is 32.2 Å². The van der Waals surface area contributed by atoms with E-state index in [1.54, 1.807) is 4.90 Å². The minimum Gasteiger partial charge on any atom is -0.449 e. The molecule has 2 aliphatic heterocycles. The van der Waals surface area contributed by atoms with Crippen LogP contribution in [0.5, 0.6) is 5.75 Å². The summed E-state index contributed by atoms with van der Waals surface area (Å²) in [6.45, 7) is 1.84. The molecule has 2 saturated heterocycles. The van der Waals surface area contributed by atoms with Gasteiger partial charge in [-0.3, -0.25) is 4.79 Å². The number of nitrogen functional groups attached to an aromatic ring is 1. The Kier molecular flexibility index (Phi) is 4.35. The summed E-state index contributed by atoms with van der Waals surface area (Å²) in [6.07, 6.45) is 2.97. The van der Waals surface area contributed by atoms with Gasteiger partial charge in [0, 0.05) is 25.2 Å². The molecule has 2 unspecified atom stereocenters. The van der Waals surface area contributed by atoms with E-state index in [4.69, 9.17) is 10.8 Å². The third-order valence-electron chi connectivity index (χ3n) is 6.38. The Bertz CT molecular complexity index is 1100. The molecule has 10 heteroatoms. The summed E-state index contributed by atoms with van der Waals surface area (Å²) in [5.74, 6) is -2.06. The van der Waals surface area contributed by atoms with Gasteiger partial charge < -0.3 is 30.4 Å². The van der Waals surface area contributed by atoms with Crippen molar-refractivity contribution in [1.29, 1.82) is 0 Å². The van der Waals surface area contributed by atoms with Crippen LogP contribution in [0.3, 0.4) is 0 Å². The van der Waals surface area contributed by atoms with Crippen molar-refractivity contribution < 1.29 is 23.4 Å². The zero-order valence-electron chi connectivity index (χ0n) is 16.2. The average Bonchev–Trinajstić information content (AvgIpc) is 3.46. The lowest BCUT2D eigenvalue weighted by Crippen LogP contribution is -2.40. The van der Waals surface area contributed by atoms with E-state index in [-0.39, 0.29) is 28.7 Å². The summed E-state index contributed by atoms with van der Waals surface area (Å²) in [5.41, 5.74) is 4.24. The van der Waals surface area contributed by atoms with Gasteiger partial charge in [0.05, 0.1) is 22.8 Å². The second-order valence-corrected chi connectivity index (χ2v) is 8.31. The van der Waals surface area contributed by atoms with Gasteiger partial charge in [-0.1, -0.05) is 0 Å². The number of carbonyl (C=O) groups is 1. The van der Waals surface area contributed by atoms with Gasteiger partial charge >= 0.3 is 6.16 Å². The van der Waals surface area contributed by atoms with Crippen LogP contribution < -0.4 is 26.1 Å². The number of nitrogens with two attached hydrogens (primary N) is 1. The van der Waals surface area contributed by atoms with Crippen molar-refractivity contribution in [2.75, 3.05) is 30.3 Å². The molecular weight excluding hydrogens is 398 g/mol. The molecule has 3 fully saturated rings. The molecule has 2 aromatic rings. The first-order valence-electron chi connectivity index (χ1n) is 10.1. The van der Waals surface area contributed by atoms with Crippen LogP contribution in [0.2, 0.25) is 0 Å². The summed E-state index contributed by atoms with van der Waals surface area (Å²) in [5, 5.41) is 11.9. The van der Waals surface area contributed by atoms with Crippen molar-refractivity contribution in [2.45, 2.75) is 37.8 Å². The molecule has 1 aliphatic carbocycles. The number of ether oxygens (including phenoxy) is 1. The van der Waals surface area contributed by atoms with Crippen molar-refractivity contribution in [2.24, 2.45) is 5.92 Å². The molecule has 160 valence electrons. The third-order valence-corrected chi connectivity index (χ3v) is 6.38. The van der Waals surface area contributed by atoms with E-state index in [9.17, 15) is 9.59 Å². The number of hydrogen-bond donors (Lipinski definition) is 3. The molecule has 3 aliphatic rings. The first kappa shape index (κ1) is 19.1. The number of benzene rings is 1. The highest BCUT2D eigenvalue weighted by Crippen LogP contribution is 2.43. The summed E-state index contributed by atoms with van der Waals surface area (Å²) in [4.78, 5) is 25.4. The molecule has 4 N–H and O–H groups in total. The maximum absolute atomic E-state index is 15.8. The molecule has 5 rings (SSSR count). The number of fused-ring (bicyclic) bond motifs is 2. The average molecular weight is 420 g/mol. The number of carboxylic acid groups (broad SMARTS) is 1. The van der Waals surface area contributed by atoms with Crippen LogP contribution in [0.25, 0.3) is 10.9 Å². The van der Waals surface area contributed by atoms with Gasteiger partial charge in [-0.25, -0.2) is 13.6 Å². The number of nitrogens with one attached hydrogen (secondary N) is 1. The number of aromatic nitrogens is 1. The fraction of sp³-hybridized carbons (Fsp3) is 0.500. The van der Waals surface area contributed by atoms with Crippen LogP contribution in [0, 0.1) is 17.6 Å². The second kappa shape index (κ2) is 6.83. The minimum atomic E-state index is -1.68. The maximum Gasteiger partial charge on any atom is 0.511 e. The molecule has 0 spiro atoms. The normalized spacial score (nSPS) is 23.6. The van der Waals surface area contributed by atoms with E-state index in [1.807, 2.05) is 0 Å². The van der Waals surface area contributed by atoms with Gasteiger partial charge in [0.1, 0.15) is 5.69 Å². The van der Waals surface area contributed by atoms with Crippen molar-refractivity contribution in [1.82, 2.24) is 9.88 Å². The van der Waals surface area contributed by atoms with Gasteiger partial charge in [-0.15, -0.1) is 0 Å². The SMILES string of the molecule is Nc1c(F)c(N2CC3CCCNC3C2)c(F)c2c1c(=O)c(OC(=O)O)cn2C1CC1. The number of rotatable bonds is 3. The van der Waals surface area contributed by atoms with Crippen LogP contribution in [0.4, 0.5) is 25.0 Å². The largest absolute Gasteiger partial charge is 0.511 e. The topological polar surface area (TPSA) is 110 Å². The summed E-state index contributed by atoms with van der Waals surface area (Å²) >= 11 is 0. The molecule has 3 heterocycles. The summed E-state index contributed by atoms with van der Waals surface area (Å²) < 4.78 is 37.1. The van der Waals surface area contributed by atoms with Crippen LogP contribution >= 0.6 is 0 Å². The molecule has 0 amide bonds. The Balaban J connectivity index is 1.72. The Morgan fingerprint density at radius 3 is 2.67 bits per heavy atom. The molecule has 8 nitrogen and oxygen atoms in total. The highest BCUT2D eigenvalue weighted by atomic mass is 19.1. The number of halogens is 2. The Morgan fingerprint density at radius 1 is 1.23 bits per heavy atom. The fourth-order valence-electron chi connectivity index (χ4n) is 4.84. The van der Waals surface area contributed by atoms with Crippen LogP contribution in [0.1, 0.15) is 31.7 Å². The van der Waals surface area contributed by atoms with Gasteiger partial charge in [-0.05, 0) is 38.1 Å². The first-order chi connectivity index (χ1) is 14.4. The van der Waals surface area contributed by atoms with E-state index in [1.165, 1.54) is 10.8 Å². The molecule has 0 bridgehead atoms. The van der Waals surface area contributed by atoms with Crippen LogP contribution in [-0.4, -0.2) is 41.5 Å². The molecule has 1 saturated carbocycles. The zero-order chi connectivity index (χ0) is 21.2. The molecule has 1 aromatic carbocycles. The summed E-state index contributed by atoms with van der Waals surface area (Å²) in [6, 6.07) is 0.0331. The quantitative estimate of drug-likeness (QED) is 0.517. The number of hydrogen-bond acceptors (Lipinski definition) is 6. The Labute approximate surface area is 170 Å². The van der Waals surface area contributed by atoms with Gasteiger partial charge in [0.15, 0.2) is 17.4 Å². The lowest BCUT2D eigenvalue weighted by molar-refractivity contribution is 0.143. The highest BCUT2D eigenvalue weighted by Gasteiger charge is 2.38. The van der Waals surface area contributed by atoms with Crippen LogP contribution in [-0.2, 0) is 0 Å². The molecule has 30 heavy (non-hydrogen) atoms. The first-order valence-corrected chi connectivity index (χ1v) is 10.1. The number of anilines is 2. The van der Waals surface area contributed by atoms with Crippen molar-refractivity contribution in [3.05, 3.63) is 28.1 Å². The Hall–Kier alpha value is -2.88. The standard InChI is InChI=1S/C20H22F2N4O4/c21-14-16(23)13-17(26(10-3-4-10)8-12(19(13)27)30-20(28)29)15(22)18(14)25-6-9-2-1-5-24-11(9)7-25/h8-11,24H,1-7,23H2,(H,28,29). The van der Waals surface area contributed by atoms with Crippen molar-refractivity contribution in [3.8, 4) is 5.75 Å². The molecule has 1 aromatic heterocycles. The maximum atomic E-state index is 15.8. The van der Waals surface area contributed by atoms with E-state index >= 15 is 8.78 Å². The van der Waals surface area contributed by atoms with Gasteiger partial charge in [0.2, 0.25) is 5.43 Å². The van der Waals surface area contributed by atoms with Gasteiger partial charge in [-0.2, -0.15) is 0 Å². The molecule has 0 radical (unpaired) electrons. The van der Waals surface area contributed by atoms with E-state index < -0.39 is 34.7 Å². The fourth-order valence-corrected chi connectivity index (χ4v) is 4.84. The van der Waals surface area contributed by atoms with E-state index in [2.05, 4.69) is 10.1 Å². The minimum absolute atomic E-state index is 0.100. The second-order valence-electron chi connectivity index (χ2n) is 8.31. The lowest BCUT2D eigenvalue weighted by Gasteiger charge is -2.24. The zero-order valence-corrected chi connectivity index (χ0v) is 16.2. The smallest absolute Gasteiger partial charge is 0.449 e. The Morgan fingerprint density at radius 2 is 2.00 bits per heavy atom. The van der Waals surface area contributed by atoms with Gasteiger partial charge in [0.25, 0.3) is 0 Å². The number of piperidine rings is 1. The van der Waals surface area contributed by atoms with Crippen molar-refractivity contribution in [3.63, 3.8) is 0 Å². The molecular formula is C20H22F2N4O4. The predicted molar refractivity (Wildman–Crippen MR) is 106 cm³/mol. The predicted octanol–water partition coefficient (Wildman–Crippen LogP) is 2.44. The molecule has 2 atom stereocenters. The van der Waals surface area contributed by atoms with Crippen LogP contribution in [0.15, 0.2) is 11.0 Å². The lowest BCUT2D eigenvalue weighted by atomic mass is 9.94. The highest BCUT2D eigenvalue weighted by molar-refractivity contribution is 5.96.